The van der Waals surface area contributed by atoms with Gasteiger partial charge in [0.2, 0.25) is 0 Å². The van der Waals surface area contributed by atoms with Crippen molar-refractivity contribution in [3.8, 4) is 0 Å². The molecule has 0 aliphatic heterocycles. The molecule has 0 atom stereocenters. The Labute approximate surface area is 86.5 Å². The highest BCUT2D eigenvalue weighted by Gasteiger charge is 2.15. The number of hydrogen-bond acceptors (Lipinski definition) is 2. The van der Waals surface area contributed by atoms with Crippen LogP contribution in [0.2, 0.25) is 0 Å². The second kappa shape index (κ2) is 3.88. The summed E-state index contributed by atoms with van der Waals surface area (Å²) < 4.78 is 5.65. The van der Waals surface area contributed by atoms with Gasteiger partial charge in [0.25, 0.3) is 0 Å². The molecule has 0 spiro atoms. The summed E-state index contributed by atoms with van der Waals surface area (Å²) in [6.07, 6.45) is 0. The van der Waals surface area contributed by atoms with E-state index in [2.05, 4.69) is 48.0 Å². The Kier molecular flexibility index (Phi) is 3.29. The summed E-state index contributed by atoms with van der Waals surface area (Å²) in [7, 11) is 0. The smallest absolute Gasteiger partial charge is 0.0712 e. The summed E-state index contributed by atoms with van der Waals surface area (Å²) in [5.41, 5.74) is 1.20. The van der Waals surface area contributed by atoms with Crippen LogP contribution in [0.1, 0.15) is 50.1 Å². The number of halogens is 1. The van der Waals surface area contributed by atoms with Gasteiger partial charge in [-0.2, -0.15) is 4.37 Å². The molecule has 1 heterocycles. The maximum absolute atomic E-state index is 4.43. The minimum Gasteiger partial charge on any atom is -0.196 e. The minimum atomic E-state index is 0.517. The maximum Gasteiger partial charge on any atom is 0.0712 e. The van der Waals surface area contributed by atoms with Gasteiger partial charge in [0.15, 0.2) is 0 Å². The molecule has 0 radical (unpaired) electrons. The van der Waals surface area contributed by atoms with Crippen molar-refractivity contribution in [3.05, 3.63) is 15.0 Å². The fourth-order valence-electron chi connectivity index (χ4n) is 1.02. The Morgan fingerprint density at radius 2 is 1.75 bits per heavy atom. The molecule has 0 saturated heterocycles. The highest BCUT2D eigenvalue weighted by Crippen LogP contribution is 2.34. The van der Waals surface area contributed by atoms with Crippen LogP contribution >= 0.6 is 27.5 Å². The van der Waals surface area contributed by atoms with Crippen molar-refractivity contribution in [1.82, 2.24) is 4.37 Å². The van der Waals surface area contributed by atoms with E-state index in [-0.39, 0.29) is 0 Å². The van der Waals surface area contributed by atoms with E-state index in [1.54, 1.807) is 11.5 Å². The lowest BCUT2D eigenvalue weighted by Gasteiger charge is -2.03. The predicted octanol–water partition coefficient (Wildman–Crippen LogP) is 4.15. The van der Waals surface area contributed by atoms with Crippen LogP contribution in [0.25, 0.3) is 0 Å². The molecule has 0 N–H and O–H groups in total. The first kappa shape index (κ1) is 10.2. The van der Waals surface area contributed by atoms with E-state index < -0.39 is 0 Å². The molecule has 1 nitrogen and oxygen atoms in total. The third kappa shape index (κ3) is 1.88. The van der Waals surface area contributed by atoms with Gasteiger partial charge in [-0.3, -0.25) is 0 Å². The minimum absolute atomic E-state index is 0.517. The zero-order valence-electron chi connectivity index (χ0n) is 7.89. The van der Waals surface area contributed by atoms with Gasteiger partial charge in [-0.15, -0.1) is 0 Å². The monoisotopic (exact) mass is 247 g/mol. The molecule has 0 unspecified atom stereocenters. The highest BCUT2D eigenvalue weighted by molar-refractivity contribution is 9.10. The van der Waals surface area contributed by atoms with Gasteiger partial charge >= 0.3 is 0 Å². The van der Waals surface area contributed by atoms with Crippen molar-refractivity contribution >= 4 is 27.5 Å². The van der Waals surface area contributed by atoms with E-state index in [0.29, 0.717) is 11.8 Å². The van der Waals surface area contributed by atoms with Crippen LogP contribution in [0.15, 0.2) is 4.47 Å². The van der Waals surface area contributed by atoms with Gasteiger partial charge in [0.1, 0.15) is 0 Å². The fourth-order valence-corrected chi connectivity index (χ4v) is 3.26. The molecule has 68 valence electrons. The summed E-state index contributed by atoms with van der Waals surface area (Å²) in [6.45, 7) is 8.73. The average molecular weight is 248 g/mol. The molecule has 0 amide bonds. The third-order valence-corrected chi connectivity index (χ3v) is 4.01. The normalized spacial score (nSPS) is 11.6. The molecular formula is C9H14BrNS. The van der Waals surface area contributed by atoms with Crippen LogP contribution in [0.3, 0.4) is 0 Å². The van der Waals surface area contributed by atoms with Gasteiger partial charge in [-0.1, -0.05) is 27.7 Å². The van der Waals surface area contributed by atoms with Crippen LogP contribution in [-0.4, -0.2) is 4.37 Å². The molecule has 1 rings (SSSR count). The second-order valence-corrected chi connectivity index (χ2v) is 5.15. The number of aromatic nitrogens is 1. The lowest BCUT2D eigenvalue weighted by atomic mass is 10.1. The quantitative estimate of drug-likeness (QED) is 0.766. The van der Waals surface area contributed by atoms with Gasteiger partial charge in [-0.25, -0.2) is 0 Å². The van der Waals surface area contributed by atoms with Crippen molar-refractivity contribution in [2.24, 2.45) is 0 Å². The Balaban J connectivity index is 3.04. The molecule has 0 aliphatic rings. The average Bonchev–Trinajstić information content (AvgIpc) is 2.30. The van der Waals surface area contributed by atoms with Crippen LogP contribution in [0.4, 0.5) is 0 Å². The lowest BCUT2D eigenvalue weighted by Crippen LogP contribution is -1.89. The van der Waals surface area contributed by atoms with E-state index in [0.717, 1.165) is 0 Å². The van der Waals surface area contributed by atoms with Crippen molar-refractivity contribution in [2.45, 2.75) is 39.5 Å². The molecule has 12 heavy (non-hydrogen) atoms. The SMILES string of the molecule is CC(C)c1nsc(C(C)C)c1Br. The van der Waals surface area contributed by atoms with Crippen LogP contribution in [-0.2, 0) is 0 Å². The molecule has 1 aromatic rings. The van der Waals surface area contributed by atoms with Crippen molar-refractivity contribution < 1.29 is 0 Å². The highest BCUT2D eigenvalue weighted by atomic mass is 79.9. The molecule has 0 aromatic carbocycles. The Hall–Kier alpha value is 0.110. The van der Waals surface area contributed by atoms with Gasteiger partial charge < -0.3 is 0 Å². The molecule has 0 aliphatic carbocycles. The molecular weight excluding hydrogens is 234 g/mol. The first-order valence-electron chi connectivity index (χ1n) is 4.19. The predicted molar refractivity (Wildman–Crippen MR) is 58.0 cm³/mol. The number of hydrogen-bond donors (Lipinski definition) is 0. The number of nitrogens with zero attached hydrogens (tertiary/aromatic N) is 1. The van der Waals surface area contributed by atoms with E-state index >= 15 is 0 Å². The topological polar surface area (TPSA) is 12.9 Å². The maximum atomic E-state index is 4.43. The summed E-state index contributed by atoms with van der Waals surface area (Å²) >= 11 is 5.22. The largest absolute Gasteiger partial charge is 0.196 e. The van der Waals surface area contributed by atoms with E-state index in [1.807, 2.05) is 0 Å². The van der Waals surface area contributed by atoms with Crippen molar-refractivity contribution in [3.63, 3.8) is 0 Å². The molecule has 0 fully saturated rings. The standard InChI is InChI=1S/C9H14BrNS/c1-5(2)8-7(10)9(6(3)4)12-11-8/h5-6H,1-4H3. The third-order valence-electron chi connectivity index (χ3n) is 1.75. The fraction of sp³-hybridized carbons (Fsp3) is 0.667. The Morgan fingerprint density at radius 1 is 1.17 bits per heavy atom. The first-order valence-corrected chi connectivity index (χ1v) is 5.75. The van der Waals surface area contributed by atoms with Gasteiger partial charge in [0.05, 0.1) is 10.2 Å². The van der Waals surface area contributed by atoms with E-state index in [4.69, 9.17) is 0 Å². The second-order valence-electron chi connectivity index (χ2n) is 3.56. The Morgan fingerprint density at radius 3 is 2.00 bits per heavy atom. The Bertz CT molecular complexity index is 240. The summed E-state index contributed by atoms with van der Waals surface area (Å²) in [6, 6.07) is 0. The first-order chi connectivity index (χ1) is 5.54. The summed E-state index contributed by atoms with van der Waals surface area (Å²) in [4.78, 5) is 1.36. The van der Waals surface area contributed by atoms with Gasteiger partial charge in [0, 0.05) is 4.88 Å². The van der Waals surface area contributed by atoms with E-state index in [1.165, 1.54) is 15.0 Å². The van der Waals surface area contributed by atoms with Crippen LogP contribution < -0.4 is 0 Å². The van der Waals surface area contributed by atoms with Crippen LogP contribution in [0.5, 0.6) is 0 Å². The van der Waals surface area contributed by atoms with Crippen molar-refractivity contribution in [1.29, 1.82) is 0 Å². The van der Waals surface area contributed by atoms with Crippen molar-refractivity contribution in [2.75, 3.05) is 0 Å². The number of rotatable bonds is 2. The van der Waals surface area contributed by atoms with Crippen LogP contribution in [0, 0.1) is 0 Å². The lowest BCUT2D eigenvalue weighted by molar-refractivity contribution is 0.824. The zero-order valence-corrected chi connectivity index (χ0v) is 10.3. The zero-order chi connectivity index (χ0) is 9.30. The molecule has 1 aromatic heterocycles. The van der Waals surface area contributed by atoms with E-state index in [9.17, 15) is 0 Å². The molecule has 0 bridgehead atoms. The molecule has 0 saturated carbocycles. The summed E-state index contributed by atoms with van der Waals surface area (Å²) in [5.74, 6) is 1.09. The summed E-state index contributed by atoms with van der Waals surface area (Å²) in [5, 5.41) is 0. The van der Waals surface area contributed by atoms with Gasteiger partial charge in [-0.05, 0) is 39.3 Å². The molecule has 3 heteroatoms.